The lowest BCUT2D eigenvalue weighted by Gasteiger charge is -2.36. The Morgan fingerprint density at radius 2 is 1.81 bits per heavy atom. The van der Waals surface area contributed by atoms with Crippen LogP contribution in [0.3, 0.4) is 0 Å². The third-order valence-electron chi connectivity index (χ3n) is 5.38. The molecular weight excluding hydrogens is 408 g/mol. The lowest BCUT2D eigenvalue weighted by molar-refractivity contribution is 0.0947. The second-order valence-electron chi connectivity index (χ2n) is 7.59. The molecule has 1 aliphatic heterocycles. The third kappa shape index (κ3) is 6.06. The minimum Gasteiger partial charge on any atom is -0.487 e. The predicted octanol–water partition coefficient (Wildman–Crippen LogP) is 3.58. The number of rotatable bonds is 8. The van der Waals surface area contributed by atoms with Crippen molar-refractivity contribution in [2.75, 3.05) is 44.2 Å². The average Bonchev–Trinajstić information content (AvgIpc) is 3.24. The smallest absolute Gasteiger partial charge is 0.251 e. The van der Waals surface area contributed by atoms with Crippen LogP contribution in [0.2, 0.25) is 0 Å². The summed E-state index contributed by atoms with van der Waals surface area (Å²) in [5.74, 6) is 0.683. The first kappa shape index (κ1) is 21.3. The Balaban J connectivity index is 1.16. The Morgan fingerprint density at radius 1 is 1.06 bits per heavy atom. The molecule has 6 nitrogen and oxygen atoms in total. The van der Waals surface area contributed by atoms with Crippen LogP contribution in [0, 0.1) is 6.92 Å². The van der Waals surface area contributed by atoms with Gasteiger partial charge in [-0.1, -0.05) is 18.2 Å². The number of amides is 1. The first-order valence-electron chi connectivity index (χ1n) is 10.6. The van der Waals surface area contributed by atoms with Crippen LogP contribution in [-0.4, -0.2) is 55.1 Å². The first-order chi connectivity index (χ1) is 15.2. The molecule has 0 bridgehead atoms. The van der Waals surface area contributed by atoms with Crippen molar-refractivity contribution >= 4 is 22.9 Å². The zero-order chi connectivity index (χ0) is 21.5. The van der Waals surface area contributed by atoms with Crippen LogP contribution in [0.15, 0.2) is 60.0 Å². The van der Waals surface area contributed by atoms with E-state index >= 15 is 0 Å². The number of ether oxygens (including phenoxy) is 1. The van der Waals surface area contributed by atoms with Crippen molar-refractivity contribution in [1.82, 2.24) is 15.2 Å². The number of carbonyl (C=O) groups excluding carboxylic acids is 1. The Kier molecular flexibility index (Phi) is 7.17. The summed E-state index contributed by atoms with van der Waals surface area (Å²) in [5, 5.41) is 6.06. The highest BCUT2D eigenvalue weighted by Gasteiger charge is 2.17. The molecule has 1 amide bonds. The minimum atomic E-state index is -0.0513. The van der Waals surface area contributed by atoms with Gasteiger partial charge in [-0.25, -0.2) is 4.98 Å². The lowest BCUT2D eigenvalue weighted by Crippen LogP contribution is -2.48. The third-order valence-corrected chi connectivity index (χ3v) is 6.20. The molecule has 0 atom stereocenters. The standard InChI is InChI=1S/C24H28N4O2S/c1-19-26-21(18-31-19)17-30-23-9-7-20(8-10-23)24(29)25-11-12-27-13-15-28(16-14-27)22-5-3-2-4-6-22/h2-10,18H,11-17H2,1H3,(H,25,29). The van der Waals surface area contributed by atoms with Gasteiger partial charge in [0.2, 0.25) is 0 Å². The Bertz CT molecular complexity index is 967. The summed E-state index contributed by atoms with van der Waals surface area (Å²) in [6.07, 6.45) is 0. The summed E-state index contributed by atoms with van der Waals surface area (Å²) in [5.41, 5.74) is 2.85. The monoisotopic (exact) mass is 436 g/mol. The van der Waals surface area contributed by atoms with E-state index < -0.39 is 0 Å². The molecule has 31 heavy (non-hydrogen) atoms. The lowest BCUT2D eigenvalue weighted by atomic mass is 10.2. The molecular formula is C24H28N4O2S. The Morgan fingerprint density at radius 3 is 2.48 bits per heavy atom. The number of piperazine rings is 1. The molecule has 1 fully saturated rings. The molecule has 1 N–H and O–H groups in total. The van der Waals surface area contributed by atoms with E-state index in [4.69, 9.17) is 4.74 Å². The molecule has 0 radical (unpaired) electrons. The fraction of sp³-hybridized carbons (Fsp3) is 0.333. The summed E-state index contributed by atoms with van der Waals surface area (Å²) < 4.78 is 5.74. The summed E-state index contributed by atoms with van der Waals surface area (Å²) in [6, 6.07) is 17.8. The van der Waals surface area contributed by atoms with E-state index in [0.717, 1.165) is 49.2 Å². The van der Waals surface area contributed by atoms with Gasteiger partial charge in [0.05, 0.1) is 10.7 Å². The number of carbonyl (C=O) groups is 1. The molecule has 0 unspecified atom stereocenters. The van der Waals surface area contributed by atoms with E-state index in [1.165, 1.54) is 5.69 Å². The number of benzene rings is 2. The zero-order valence-electron chi connectivity index (χ0n) is 17.8. The zero-order valence-corrected chi connectivity index (χ0v) is 18.6. The molecule has 2 aromatic carbocycles. The highest BCUT2D eigenvalue weighted by Crippen LogP contribution is 2.16. The van der Waals surface area contributed by atoms with Gasteiger partial charge in [-0.3, -0.25) is 9.69 Å². The van der Waals surface area contributed by atoms with E-state index in [0.29, 0.717) is 18.7 Å². The topological polar surface area (TPSA) is 57.7 Å². The van der Waals surface area contributed by atoms with Gasteiger partial charge in [0, 0.05) is 55.9 Å². The number of hydrogen-bond donors (Lipinski definition) is 1. The van der Waals surface area contributed by atoms with Crippen LogP contribution in [0.25, 0.3) is 0 Å². The van der Waals surface area contributed by atoms with Gasteiger partial charge in [0.1, 0.15) is 12.4 Å². The summed E-state index contributed by atoms with van der Waals surface area (Å²) in [7, 11) is 0. The number of nitrogens with zero attached hydrogens (tertiary/aromatic N) is 3. The van der Waals surface area contributed by atoms with Gasteiger partial charge < -0.3 is 15.0 Å². The Labute approximate surface area is 187 Å². The van der Waals surface area contributed by atoms with Crippen LogP contribution >= 0.6 is 11.3 Å². The molecule has 0 spiro atoms. The van der Waals surface area contributed by atoms with Gasteiger partial charge in [-0.2, -0.15) is 0 Å². The van der Waals surface area contributed by atoms with Crippen molar-refractivity contribution in [2.45, 2.75) is 13.5 Å². The largest absolute Gasteiger partial charge is 0.487 e. The second kappa shape index (κ2) is 10.4. The SMILES string of the molecule is Cc1nc(COc2ccc(C(=O)NCCN3CCN(c4ccccc4)CC3)cc2)cs1. The number of hydrogen-bond acceptors (Lipinski definition) is 6. The second-order valence-corrected chi connectivity index (χ2v) is 8.65. The van der Waals surface area contributed by atoms with Crippen molar-refractivity contribution in [3.05, 3.63) is 76.2 Å². The maximum Gasteiger partial charge on any atom is 0.251 e. The van der Waals surface area contributed by atoms with Crippen molar-refractivity contribution in [1.29, 1.82) is 0 Å². The van der Waals surface area contributed by atoms with Gasteiger partial charge in [-0.15, -0.1) is 11.3 Å². The molecule has 0 saturated carbocycles. The van der Waals surface area contributed by atoms with Crippen LogP contribution < -0.4 is 15.0 Å². The van der Waals surface area contributed by atoms with Crippen LogP contribution in [0.1, 0.15) is 21.1 Å². The van der Waals surface area contributed by atoms with Crippen molar-refractivity contribution < 1.29 is 9.53 Å². The fourth-order valence-electron chi connectivity index (χ4n) is 3.63. The van der Waals surface area contributed by atoms with Gasteiger partial charge in [0.25, 0.3) is 5.91 Å². The fourth-order valence-corrected chi connectivity index (χ4v) is 4.23. The number of nitrogens with one attached hydrogen (secondary N) is 1. The van der Waals surface area contributed by atoms with E-state index in [-0.39, 0.29) is 5.91 Å². The molecule has 1 aliphatic rings. The van der Waals surface area contributed by atoms with E-state index in [9.17, 15) is 4.79 Å². The summed E-state index contributed by atoms with van der Waals surface area (Å²) in [6.45, 7) is 7.97. The number of anilines is 1. The highest BCUT2D eigenvalue weighted by atomic mass is 32.1. The molecule has 162 valence electrons. The molecule has 1 saturated heterocycles. The average molecular weight is 437 g/mol. The van der Waals surface area contributed by atoms with Crippen LogP contribution in [-0.2, 0) is 6.61 Å². The molecule has 3 aromatic rings. The van der Waals surface area contributed by atoms with Crippen molar-refractivity contribution in [2.24, 2.45) is 0 Å². The van der Waals surface area contributed by atoms with Crippen LogP contribution in [0.4, 0.5) is 5.69 Å². The maximum absolute atomic E-state index is 12.4. The van der Waals surface area contributed by atoms with E-state index in [1.807, 2.05) is 30.5 Å². The van der Waals surface area contributed by atoms with Crippen molar-refractivity contribution in [3.63, 3.8) is 0 Å². The minimum absolute atomic E-state index is 0.0513. The summed E-state index contributed by atoms with van der Waals surface area (Å²) in [4.78, 5) is 21.6. The maximum atomic E-state index is 12.4. The molecule has 0 aliphatic carbocycles. The first-order valence-corrected chi connectivity index (χ1v) is 11.5. The number of aromatic nitrogens is 1. The van der Waals surface area contributed by atoms with Gasteiger partial charge in [-0.05, 0) is 43.3 Å². The van der Waals surface area contributed by atoms with Gasteiger partial charge >= 0.3 is 0 Å². The van der Waals surface area contributed by atoms with Crippen molar-refractivity contribution in [3.8, 4) is 5.75 Å². The van der Waals surface area contributed by atoms with E-state index in [1.54, 1.807) is 23.5 Å². The molecule has 7 heteroatoms. The quantitative estimate of drug-likeness (QED) is 0.585. The number of para-hydroxylation sites is 1. The van der Waals surface area contributed by atoms with Crippen LogP contribution in [0.5, 0.6) is 5.75 Å². The molecule has 4 rings (SSSR count). The van der Waals surface area contributed by atoms with Gasteiger partial charge in [0.15, 0.2) is 0 Å². The Hall–Kier alpha value is -2.90. The normalized spacial score (nSPS) is 14.4. The summed E-state index contributed by atoms with van der Waals surface area (Å²) >= 11 is 1.61. The van der Waals surface area contributed by atoms with E-state index in [2.05, 4.69) is 44.4 Å². The number of aryl methyl sites for hydroxylation is 1. The molecule has 1 aromatic heterocycles. The highest BCUT2D eigenvalue weighted by molar-refractivity contribution is 7.09. The predicted molar refractivity (Wildman–Crippen MR) is 125 cm³/mol. The molecule has 2 heterocycles. The number of thiazole rings is 1.